The Balaban J connectivity index is 1.92. The van der Waals surface area contributed by atoms with Gasteiger partial charge in [-0.15, -0.1) is 0 Å². The van der Waals surface area contributed by atoms with Gasteiger partial charge in [-0.3, -0.25) is 4.79 Å². The molecule has 1 amide bonds. The van der Waals surface area contributed by atoms with Gasteiger partial charge in [-0.1, -0.05) is 17.3 Å². The van der Waals surface area contributed by atoms with E-state index in [0.717, 1.165) is 11.0 Å². The molecule has 3 rings (SSSR count). The van der Waals surface area contributed by atoms with Crippen LogP contribution in [-0.2, 0) is 0 Å². The number of benzene rings is 1. The van der Waals surface area contributed by atoms with Crippen molar-refractivity contribution in [2.75, 3.05) is 5.32 Å². The van der Waals surface area contributed by atoms with E-state index in [1.54, 1.807) is 13.8 Å². The molecule has 3 aromatic rings. The number of anilines is 1. The number of hydrogen-bond acceptors (Lipinski definition) is 4. The second kappa shape index (κ2) is 4.24. The molecule has 0 radical (unpaired) electrons. The van der Waals surface area contributed by atoms with Crippen LogP contribution in [0.1, 0.15) is 22.1 Å². The third-order valence-electron chi connectivity index (χ3n) is 2.88. The van der Waals surface area contributed by atoms with Gasteiger partial charge in [-0.2, -0.15) is 0 Å². The van der Waals surface area contributed by atoms with Crippen LogP contribution in [-0.4, -0.2) is 21.0 Å². The Morgan fingerprint density at radius 1 is 1.32 bits per heavy atom. The van der Waals surface area contributed by atoms with E-state index in [1.165, 1.54) is 0 Å². The first-order valence-electron chi connectivity index (χ1n) is 5.84. The van der Waals surface area contributed by atoms with Gasteiger partial charge < -0.3 is 14.8 Å². The van der Waals surface area contributed by atoms with Crippen LogP contribution in [0, 0.1) is 13.8 Å². The number of rotatable bonds is 2. The Bertz CT molecular complexity index is 704. The van der Waals surface area contributed by atoms with E-state index in [9.17, 15) is 4.79 Å². The first kappa shape index (κ1) is 11.5. The minimum absolute atomic E-state index is 0.265. The van der Waals surface area contributed by atoms with Crippen molar-refractivity contribution in [2.24, 2.45) is 0 Å². The molecule has 2 heterocycles. The van der Waals surface area contributed by atoms with Crippen LogP contribution in [0.4, 0.5) is 5.69 Å². The van der Waals surface area contributed by atoms with Crippen LogP contribution in [0.2, 0.25) is 0 Å². The molecule has 0 aliphatic rings. The molecule has 96 valence electrons. The van der Waals surface area contributed by atoms with Gasteiger partial charge in [0, 0.05) is 0 Å². The van der Waals surface area contributed by atoms with E-state index in [0.29, 0.717) is 17.1 Å². The molecular formula is C13H12N4O2. The van der Waals surface area contributed by atoms with E-state index < -0.39 is 0 Å². The molecule has 0 saturated carbocycles. The molecule has 0 spiro atoms. The lowest BCUT2D eigenvalue weighted by Gasteiger charge is -2.00. The molecular weight excluding hydrogens is 244 g/mol. The number of para-hydroxylation sites is 2. The highest BCUT2D eigenvalue weighted by atomic mass is 16.5. The minimum atomic E-state index is -0.314. The van der Waals surface area contributed by atoms with Crippen molar-refractivity contribution in [1.82, 2.24) is 15.1 Å². The van der Waals surface area contributed by atoms with Gasteiger partial charge in [0.1, 0.15) is 11.4 Å². The molecule has 0 fully saturated rings. The van der Waals surface area contributed by atoms with Gasteiger partial charge in [0.15, 0.2) is 11.6 Å². The van der Waals surface area contributed by atoms with Crippen LogP contribution >= 0.6 is 0 Å². The van der Waals surface area contributed by atoms with Crippen LogP contribution in [0.3, 0.4) is 0 Å². The van der Waals surface area contributed by atoms with Crippen LogP contribution in [0.5, 0.6) is 0 Å². The van der Waals surface area contributed by atoms with Crippen LogP contribution in [0.15, 0.2) is 28.8 Å². The summed E-state index contributed by atoms with van der Waals surface area (Å²) < 4.78 is 5.00. The fraction of sp³-hybridized carbons (Fsp3) is 0.154. The number of aryl methyl sites for hydroxylation is 2. The summed E-state index contributed by atoms with van der Waals surface area (Å²) in [5.41, 5.74) is 2.81. The summed E-state index contributed by atoms with van der Waals surface area (Å²) >= 11 is 0. The number of nitrogens with zero attached hydrogens (tertiary/aromatic N) is 2. The molecule has 0 atom stereocenters. The lowest BCUT2D eigenvalue weighted by molar-refractivity contribution is 0.101. The predicted molar refractivity (Wildman–Crippen MR) is 70.0 cm³/mol. The van der Waals surface area contributed by atoms with Crippen LogP contribution in [0.25, 0.3) is 11.0 Å². The predicted octanol–water partition coefficient (Wildman–Crippen LogP) is 2.42. The fourth-order valence-corrected chi connectivity index (χ4v) is 1.89. The number of imidazole rings is 1. The molecule has 2 N–H and O–H groups in total. The first-order valence-corrected chi connectivity index (χ1v) is 5.84. The zero-order valence-corrected chi connectivity index (χ0v) is 10.5. The smallest absolute Gasteiger partial charge is 0.291 e. The number of carbonyl (C=O) groups excluding carboxylic acids is 1. The SMILES string of the molecule is Cc1noc(C)c1NC(=O)c1nc2ccccc2[nH]1. The van der Waals surface area contributed by atoms with Gasteiger partial charge in [-0.05, 0) is 26.0 Å². The Morgan fingerprint density at radius 3 is 2.79 bits per heavy atom. The molecule has 0 saturated heterocycles. The number of aromatic nitrogens is 3. The number of hydrogen-bond donors (Lipinski definition) is 2. The van der Waals surface area contributed by atoms with Gasteiger partial charge in [0.05, 0.1) is 11.0 Å². The zero-order valence-electron chi connectivity index (χ0n) is 10.5. The summed E-state index contributed by atoms with van der Waals surface area (Å²) in [6.45, 7) is 3.51. The van der Waals surface area contributed by atoms with E-state index in [1.807, 2.05) is 24.3 Å². The van der Waals surface area contributed by atoms with Crippen molar-refractivity contribution < 1.29 is 9.32 Å². The molecule has 0 aliphatic carbocycles. The summed E-state index contributed by atoms with van der Waals surface area (Å²) in [6.07, 6.45) is 0. The van der Waals surface area contributed by atoms with E-state index >= 15 is 0 Å². The Morgan fingerprint density at radius 2 is 2.11 bits per heavy atom. The maximum atomic E-state index is 12.1. The number of amides is 1. The van der Waals surface area contributed by atoms with Crippen molar-refractivity contribution in [1.29, 1.82) is 0 Å². The standard InChI is InChI=1S/C13H12N4O2/c1-7-11(8(2)19-17-7)16-13(18)12-14-9-5-3-4-6-10(9)15-12/h3-6H,1-2H3,(H,14,15)(H,16,18). The summed E-state index contributed by atoms with van der Waals surface area (Å²) in [4.78, 5) is 19.3. The monoisotopic (exact) mass is 256 g/mol. The highest BCUT2D eigenvalue weighted by Gasteiger charge is 2.16. The average molecular weight is 256 g/mol. The quantitative estimate of drug-likeness (QED) is 0.737. The number of fused-ring (bicyclic) bond motifs is 1. The maximum Gasteiger partial charge on any atom is 0.291 e. The van der Waals surface area contributed by atoms with Crippen molar-refractivity contribution >= 4 is 22.6 Å². The first-order chi connectivity index (χ1) is 9.15. The lowest BCUT2D eigenvalue weighted by atomic mass is 10.3. The maximum absolute atomic E-state index is 12.1. The van der Waals surface area contributed by atoms with Gasteiger partial charge in [0.2, 0.25) is 0 Å². The van der Waals surface area contributed by atoms with Crippen molar-refractivity contribution in [3.63, 3.8) is 0 Å². The number of aromatic amines is 1. The van der Waals surface area contributed by atoms with Crippen LogP contribution < -0.4 is 5.32 Å². The van der Waals surface area contributed by atoms with E-state index in [-0.39, 0.29) is 11.7 Å². The zero-order chi connectivity index (χ0) is 13.4. The Labute approximate surface area is 108 Å². The summed E-state index contributed by atoms with van der Waals surface area (Å²) in [6, 6.07) is 7.48. The molecule has 1 aromatic carbocycles. The molecule has 0 aliphatic heterocycles. The van der Waals surface area contributed by atoms with E-state index in [4.69, 9.17) is 4.52 Å². The van der Waals surface area contributed by atoms with Crippen molar-refractivity contribution in [2.45, 2.75) is 13.8 Å². The minimum Gasteiger partial charge on any atom is -0.359 e. The van der Waals surface area contributed by atoms with Gasteiger partial charge >= 0.3 is 0 Å². The topological polar surface area (TPSA) is 83.8 Å². The Kier molecular flexibility index (Phi) is 2.56. The average Bonchev–Trinajstić information content (AvgIpc) is 2.97. The van der Waals surface area contributed by atoms with Crippen molar-refractivity contribution in [3.05, 3.63) is 41.5 Å². The summed E-state index contributed by atoms with van der Waals surface area (Å²) in [5, 5.41) is 6.53. The normalized spacial score (nSPS) is 10.8. The molecule has 19 heavy (non-hydrogen) atoms. The summed E-state index contributed by atoms with van der Waals surface area (Å²) in [7, 11) is 0. The highest BCUT2D eigenvalue weighted by Crippen LogP contribution is 2.19. The van der Waals surface area contributed by atoms with E-state index in [2.05, 4.69) is 20.4 Å². The summed E-state index contributed by atoms with van der Waals surface area (Å²) in [5.74, 6) is 0.522. The third kappa shape index (κ3) is 1.97. The van der Waals surface area contributed by atoms with Gasteiger partial charge in [0.25, 0.3) is 5.91 Å². The second-order valence-corrected chi connectivity index (χ2v) is 4.26. The largest absolute Gasteiger partial charge is 0.359 e. The highest BCUT2D eigenvalue weighted by molar-refractivity contribution is 6.03. The number of nitrogens with one attached hydrogen (secondary N) is 2. The molecule has 0 bridgehead atoms. The number of carbonyl (C=O) groups is 1. The number of H-pyrrole nitrogens is 1. The Hall–Kier alpha value is -2.63. The fourth-order valence-electron chi connectivity index (χ4n) is 1.89. The lowest BCUT2D eigenvalue weighted by Crippen LogP contribution is -2.14. The molecule has 6 nitrogen and oxygen atoms in total. The van der Waals surface area contributed by atoms with Crippen molar-refractivity contribution in [3.8, 4) is 0 Å². The van der Waals surface area contributed by atoms with Gasteiger partial charge in [-0.25, -0.2) is 4.98 Å². The third-order valence-corrected chi connectivity index (χ3v) is 2.88. The molecule has 2 aromatic heterocycles. The molecule has 0 unspecified atom stereocenters. The second-order valence-electron chi connectivity index (χ2n) is 4.26. The molecule has 6 heteroatoms.